The molecule has 1 aromatic heterocycles. The van der Waals surface area contributed by atoms with Gasteiger partial charge in [-0.1, -0.05) is 30.3 Å². The summed E-state index contributed by atoms with van der Waals surface area (Å²) in [7, 11) is 0. The van der Waals surface area contributed by atoms with E-state index in [1.807, 2.05) is 30.3 Å². The zero-order chi connectivity index (χ0) is 26.6. The second-order valence-electron chi connectivity index (χ2n) is 8.79. The molecular weight excluding hydrogens is 504 g/mol. The van der Waals surface area contributed by atoms with Gasteiger partial charge in [-0.15, -0.1) is 0 Å². The molecule has 1 unspecified atom stereocenters. The number of halogens is 6. The SMILES string of the molecule is O=c1[nH]nc(CN2CCN(C(COCc3cc(C(F)(F)F)cc(C(F)(F)F)c3)c3ccccc3)CC2)[nH]1. The number of benzene rings is 2. The van der Waals surface area contributed by atoms with Crippen molar-refractivity contribution < 1.29 is 31.1 Å². The fraction of sp³-hybridized carbons (Fsp3) is 0.417. The van der Waals surface area contributed by atoms with Crippen LogP contribution in [-0.2, 0) is 30.2 Å². The van der Waals surface area contributed by atoms with Crippen LogP contribution < -0.4 is 5.69 Å². The van der Waals surface area contributed by atoms with Gasteiger partial charge in [0.15, 0.2) is 0 Å². The summed E-state index contributed by atoms with van der Waals surface area (Å²) in [6.45, 7) is 2.76. The van der Waals surface area contributed by atoms with E-state index in [2.05, 4.69) is 25.0 Å². The lowest BCUT2D eigenvalue weighted by molar-refractivity contribution is -0.143. The summed E-state index contributed by atoms with van der Waals surface area (Å²) < 4.78 is 84.8. The van der Waals surface area contributed by atoms with Gasteiger partial charge in [-0.05, 0) is 29.3 Å². The van der Waals surface area contributed by atoms with Gasteiger partial charge >= 0.3 is 18.0 Å². The molecule has 1 fully saturated rings. The van der Waals surface area contributed by atoms with E-state index in [9.17, 15) is 31.1 Å². The molecule has 1 saturated heterocycles. The van der Waals surface area contributed by atoms with Crippen LogP contribution >= 0.6 is 0 Å². The van der Waals surface area contributed by atoms with E-state index in [4.69, 9.17) is 4.74 Å². The molecule has 4 rings (SSSR count). The van der Waals surface area contributed by atoms with Crippen molar-refractivity contribution in [2.45, 2.75) is 31.5 Å². The zero-order valence-electron chi connectivity index (χ0n) is 19.6. The van der Waals surface area contributed by atoms with Crippen molar-refractivity contribution >= 4 is 0 Å². The molecule has 37 heavy (non-hydrogen) atoms. The lowest BCUT2D eigenvalue weighted by Crippen LogP contribution is -2.48. The summed E-state index contributed by atoms with van der Waals surface area (Å²) in [5, 5.41) is 6.24. The Balaban J connectivity index is 1.43. The Hall–Kier alpha value is -3.16. The molecule has 2 aromatic carbocycles. The number of alkyl halides is 6. The Morgan fingerprint density at radius 2 is 1.54 bits per heavy atom. The molecule has 2 heterocycles. The predicted octanol–water partition coefficient (Wildman–Crippen LogP) is 4.21. The third kappa shape index (κ3) is 7.21. The van der Waals surface area contributed by atoms with E-state index in [1.54, 1.807) is 0 Å². The maximum absolute atomic E-state index is 13.2. The molecule has 0 amide bonds. The number of piperazine rings is 1. The minimum atomic E-state index is -4.91. The number of hydrogen-bond donors (Lipinski definition) is 2. The van der Waals surface area contributed by atoms with Crippen LogP contribution in [0.25, 0.3) is 0 Å². The van der Waals surface area contributed by atoms with Crippen LogP contribution in [0.15, 0.2) is 53.3 Å². The van der Waals surface area contributed by atoms with E-state index >= 15 is 0 Å². The first-order chi connectivity index (χ1) is 17.5. The summed E-state index contributed by atoms with van der Waals surface area (Å²) in [4.78, 5) is 18.1. The Labute approximate surface area is 208 Å². The van der Waals surface area contributed by atoms with Crippen molar-refractivity contribution in [3.63, 3.8) is 0 Å². The molecule has 1 aliphatic rings. The zero-order valence-corrected chi connectivity index (χ0v) is 19.6. The predicted molar refractivity (Wildman–Crippen MR) is 121 cm³/mol. The highest BCUT2D eigenvalue weighted by atomic mass is 19.4. The molecular formula is C24H25F6N5O2. The van der Waals surface area contributed by atoms with Crippen LogP contribution in [0.5, 0.6) is 0 Å². The minimum absolute atomic E-state index is 0.0777. The largest absolute Gasteiger partial charge is 0.416 e. The van der Waals surface area contributed by atoms with E-state index in [0.717, 1.165) is 5.56 Å². The average molecular weight is 529 g/mol. The molecule has 0 spiro atoms. The summed E-state index contributed by atoms with van der Waals surface area (Å²) in [6.07, 6.45) is -9.82. The third-order valence-electron chi connectivity index (χ3n) is 6.15. The molecule has 2 N–H and O–H groups in total. The average Bonchev–Trinajstić information content (AvgIpc) is 3.26. The number of H-pyrrole nitrogens is 2. The second-order valence-corrected chi connectivity index (χ2v) is 8.79. The Morgan fingerprint density at radius 1 is 0.919 bits per heavy atom. The lowest BCUT2D eigenvalue weighted by atomic mass is 10.0. The van der Waals surface area contributed by atoms with Gasteiger partial charge in [-0.2, -0.15) is 31.4 Å². The van der Waals surface area contributed by atoms with Crippen molar-refractivity contribution in [2.24, 2.45) is 0 Å². The smallest absolute Gasteiger partial charge is 0.375 e. The topological polar surface area (TPSA) is 77.2 Å². The van der Waals surface area contributed by atoms with E-state index < -0.39 is 30.1 Å². The molecule has 13 heteroatoms. The van der Waals surface area contributed by atoms with Crippen molar-refractivity contribution in [3.05, 3.63) is 87.1 Å². The monoisotopic (exact) mass is 529 g/mol. The molecule has 7 nitrogen and oxygen atoms in total. The van der Waals surface area contributed by atoms with Crippen LogP contribution in [0.2, 0.25) is 0 Å². The normalized spacial score (nSPS) is 16.7. The number of aromatic amines is 2. The number of nitrogens with zero attached hydrogens (tertiary/aromatic N) is 3. The van der Waals surface area contributed by atoms with Crippen LogP contribution in [0.1, 0.15) is 34.1 Å². The highest BCUT2D eigenvalue weighted by Gasteiger charge is 2.37. The van der Waals surface area contributed by atoms with Crippen molar-refractivity contribution in [3.8, 4) is 0 Å². The van der Waals surface area contributed by atoms with Gasteiger partial charge in [0.25, 0.3) is 0 Å². The summed E-state index contributed by atoms with van der Waals surface area (Å²) in [5.41, 5.74) is -2.39. The Morgan fingerprint density at radius 3 is 2.08 bits per heavy atom. The number of ether oxygens (including phenoxy) is 1. The summed E-state index contributed by atoms with van der Waals surface area (Å²) in [6, 6.07) is 10.6. The van der Waals surface area contributed by atoms with E-state index in [1.165, 1.54) is 0 Å². The van der Waals surface area contributed by atoms with E-state index in [-0.39, 0.29) is 30.0 Å². The molecule has 0 aliphatic carbocycles. The second kappa shape index (κ2) is 11.1. The first-order valence-corrected chi connectivity index (χ1v) is 11.5. The number of hydrogen-bond acceptors (Lipinski definition) is 5. The third-order valence-corrected chi connectivity index (χ3v) is 6.15. The number of nitrogens with one attached hydrogen (secondary N) is 2. The first-order valence-electron chi connectivity index (χ1n) is 11.5. The molecule has 0 saturated carbocycles. The highest BCUT2D eigenvalue weighted by Crippen LogP contribution is 2.36. The molecule has 0 radical (unpaired) electrons. The molecule has 0 bridgehead atoms. The van der Waals surface area contributed by atoms with E-state index in [0.29, 0.717) is 50.7 Å². The van der Waals surface area contributed by atoms with Crippen LogP contribution in [0.3, 0.4) is 0 Å². The Bertz CT molecular complexity index is 1180. The van der Waals surface area contributed by atoms with Crippen LogP contribution in [-0.4, -0.2) is 57.8 Å². The van der Waals surface area contributed by atoms with Gasteiger partial charge in [0.1, 0.15) is 5.82 Å². The maximum atomic E-state index is 13.2. The van der Waals surface area contributed by atoms with Gasteiger partial charge in [0.2, 0.25) is 0 Å². The van der Waals surface area contributed by atoms with Crippen molar-refractivity contribution in [1.29, 1.82) is 0 Å². The lowest BCUT2D eigenvalue weighted by Gasteiger charge is -2.39. The maximum Gasteiger partial charge on any atom is 0.416 e. The number of rotatable bonds is 8. The molecule has 1 atom stereocenters. The number of aromatic nitrogens is 3. The highest BCUT2D eigenvalue weighted by molar-refractivity contribution is 5.33. The molecule has 3 aromatic rings. The van der Waals surface area contributed by atoms with Gasteiger partial charge < -0.3 is 4.74 Å². The van der Waals surface area contributed by atoms with Crippen molar-refractivity contribution in [2.75, 3.05) is 32.8 Å². The van der Waals surface area contributed by atoms with Gasteiger partial charge in [0, 0.05) is 26.2 Å². The van der Waals surface area contributed by atoms with Gasteiger partial charge in [-0.3, -0.25) is 14.8 Å². The van der Waals surface area contributed by atoms with Gasteiger partial charge in [-0.25, -0.2) is 9.89 Å². The summed E-state index contributed by atoms with van der Waals surface area (Å²) in [5.74, 6) is 0.528. The van der Waals surface area contributed by atoms with Gasteiger partial charge in [0.05, 0.1) is 36.9 Å². The van der Waals surface area contributed by atoms with Crippen LogP contribution in [0, 0.1) is 0 Å². The first kappa shape index (κ1) is 26.9. The van der Waals surface area contributed by atoms with Crippen LogP contribution in [0.4, 0.5) is 26.3 Å². The fourth-order valence-corrected chi connectivity index (χ4v) is 4.30. The Kier molecular flexibility index (Phi) is 8.05. The molecule has 200 valence electrons. The fourth-order valence-electron chi connectivity index (χ4n) is 4.30. The summed E-state index contributed by atoms with van der Waals surface area (Å²) >= 11 is 0. The van der Waals surface area contributed by atoms with Crippen molar-refractivity contribution in [1.82, 2.24) is 25.0 Å². The minimum Gasteiger partial charge on any atom is -0.375 e. The standard InChI is InChI=1S/C24H25F6N5O2/c25-23(26,27)18-10-16(11-19(12-18)24(28,29)30)14-37-15-20(17-4-2-1-3-5-17)35-8-6-34(7-9-35)13-21-31-22(36)33-32-21/h1-5,10-12,20H,6-9,13-15H2,(H2,31,32,33,36). The quantitative estimate of drug-likeness (QED) is 0.428. The molecule has 1 aliphatic heterocycles.